The minimum Gasteiger partial charge on any atom is -0.298 e. The number of benzene rings is 1. The van der Waals surface area contributed by atoms with Gasteiger partial charge in [-0.2, -0.15) is 4.31 Å². The Morgan fingerprint density at radius 3 is 2.28 bits per heavy atom. The minimum atomic E-state index is -3.59. The molecule has 8 heteroatoms. The summed E-state index contributed by atoms with van der Waals surface area (Å²) in [7, 11) is -3.59. The second kappa shape index (κ2) is 7.39. The number of rotatable bonds is 4. The molecule has 1 aliphatic heterocycles. The van der Waals surface area contributed by atoms with E-state index in [1.807, 2.05) is 0 Å². The maximum atomic E-state index is 12.7. The Morgan fingerprint density at radius 1 is 1.08 bits per heavy atom. The van der Waals surface area contributed by atoms with E-state index in [0.717, 1.165) is 19.0 Å². The lowest BCUT2D eigenvalue weighted by molar-refractivity contribution is -0.384. The van der Waals surface area contributed by atoms with Crippen molar-refractivity contribution in [3.8, 4) is 0 Å². The van der Waals surface area contributed by atoms with E-state index in [-0.39, 0.29) is 10.6 Å². The molecule has 0 amide bonds. The summed E-state index contributed by atoms with van der Waals surface area (Å²) in [6.45, 7) is 4.75. The molecule has 0 spiro atoms. The molecule has 2 atom stereocenters. The molecule has 3 rings (SSSR count). The van der Waals surface area contributed by atoms with Crippen molar-refractivity contribution in [2.75, 3.05) is 26.2 Å². The fraction of sp³-hybridized carbons (Fsp3) is 0.647. The summed E-state index contributed by atoms with van der Waals surface area (Å²) < 4.78 is 27.0. The quantitative estimate of drug-likeness (QED) is 0.603. The van der Waals surface area contributed by atoms with Crippen LogP contribution in [0.5, 0.6) is 0 Å². The Balaban J connectivity index is 1.64. The Hall–Kier alpha value is -1.51. The van der Waals surface area contributed by atoms with Gasteiger partial charge in [-0.1, -0.05) is 19.8 Å². The van der Waals surface area contributed by atoms with E-state index in [2.05, 4.69) is 11.8 Å². The molecule has 1 saturated carbocycles. The van der Waals surface area contributed by atoms with E-state index in [0.29, 0.717) is 19.1 Å². The highest BCUT2D eigenvalue weighted by molar-refractivity contribution is 7.89. The van der Waals surface area contributed by atoms with E-state index < -0.39 is 14.9 Å². The summed E-state index contributed by atoms with van der Waals surface area (Å²) >= 11 is 0. The molecular formula is C17H25N3O4S. The Labute approximate surface area is 148 Å². The predicted octanol–water partition coefficient (Wildman–Crippen LogP) is 2.48. The van der Waals surface area contributed by atoms with Crippen LogP contribution in [0, 0.1) is 16.0 Å². The van der Waals surface area contributed by atoms with Crippen molar-refractivity contribution in [2.45, 2.75) is 43.5 Å². The summed E-state index contributed by atoms with van der Waals surface area (Å²) in [5, 5.41) is 10.7. The van der Waals surface area contributed by atoms with Crippen LogP contribution in [0.25, 0.3) is 0 Å². The summed E-state index contributed by atoms with van der Waals surface area (Å²) in [5.74, 6) is 0.751. The molecule has 0 bridgehead atoms. The van der Waals surface area contributed by atoms with Crippen molar-refractivity contribution in [2.24, 2.45) is 5.92 Å². The van der Waals surface area contributed by atoms with E-state index in [4.69, 9.17) is 0 Å². The molecule has 2 fully saturated rings. The smallest absolute Gasteiger partial charge is 0.269 e. The number of piperazine rings is 1. The SMILES string of the molecule is CC1CCCC(N2CCN(S(=O)(=O)c3ccc([N+](=O)[O-])cc3)CC2)C1. The van der Waals surface area contributed by atoms with Crippen LogP contribution in [0.15, 0.2) is 29.2 Å². The minimum absolute atomic E-state index is 0.102. The van der Waals surface area contributed by atoms with Gasteiger partial charge in [0.1, 0.15) is 0 Å². The van der Waals surface area contributed by atoms with Gasteiger partial charge in [0.15, 0.2) is 0 Å². The average Bonchev–Trinajstić information content (AvgIpc) is 2.62. The molecule has 2 unspecified atom stereocenters. The van der Waals surface area contributed by atoms with Crippen LogP contribution in [0.1, 0.15) is 32.6 Å². The van der Waals surface area contributed by atoms with Gasteiger partial charge in [-0.15, -0.1) is 0 Å². The molecular weight excluding hydrogens is 342 g/mol. The average molecular weight is 367 g/mol. The Kier molecular flexibility index (Phi) is 5.41. The van der Waals surface area contributed by atoms with Gasteiger partial charge in [-0.25, -0.2) is 8.42 Å². The van der Waals surface area contributed by atoms with Gasteiger partial charge in [0, 0.05) is 44.4 Å². The Bertz CT molecular complexity index is 712. The zero-order valence-electron chi connectivity index (χ0n) is 14.5. The second-order valence-corrected chi connectivity index (χ2v) is 9.05. The predicted molar refractivity (Wildman–Crippen MR) is 94.8 cm³/mol. The fourth-order valence-corrected chi connectivity index (χ4v) is 5.35. The highest BCUT2D eigenvalue weighted by atomic mass is 32.2. The van der Waals surface area contributed by atoms with Crippen molar-refractivity contribution in [3.05, 3.63) is 34.4 Å². The molecule has 138 valence electrons. The van der Waals surface area contributed by atoms with Gasteiger partial charge in [-0.05, 0) is 30.9 Å². The first-order valence-corrected chi connectivity index (χ1v) is 10.3. The standard InChI is InChI=1S/C17H25N3O4S/c1-14-3-2-4-16(13-14)18-9-11-19(12-10-18)25(23,24)17-7-5-15(6-8-17)20(21)22/h5-8,14,16H,2-4,9-13H2,1H3. The maximum absolute atomic E-state index is 12.7. The largest absolute Gasteiger partial charge is 0.298 e. The molecule has 1 aromatic rings. The van der Waals surface area contributed by atoms with Crippen molar-refractivity contribution < 1.29 is 13.3 Å². The van der Waals surface area contributed by atoms with Crippen molar-refractivity contribution >= 4 is 15.7 Å². The van der Waals surface area contributed by atoms with E-state index in [9.17, 15) is 18.5 Å². The van der Waals surface area contributed by atoms with Gasteiger partial charge in [-0.3, -0.25) is 15.0 Å². The van der Waals surface area contributed by atoms with Crippen molar-refractivity contribution in [1.29, 1.82) is 0 Å². The molecule has 1 aliphatic carbocycles. The van der Waals surface area contributed by atoms with E-state index >= 15 is 0 Å². The maximum Gasteiger partial charge on any atom is 0.269 e. The summed E-state index contributed by atoms with van der Waals surface area (Å²) in [6, 6.07) is 5.71. The molecule has 7 nitrogen and oxygen atoms in total. The zero-order chi connectivity index (χ0) is 18.0. The van der Waals surface area contributed by atoms with Gasteiger partial charge in [0.05, 0.1) is 9.82 Å². The number of non-ortho nitro benzene ring substituents is 1. The first-order chi connectivity index (χ1) is 11.9. The molecule has 0 aromatic heterocycles. The highest BCUT2D eigenvalue weighted by Gasteiger charge is 2.32. The molecule has 25 heavy (non-hydrogen) atoms. The van der Waals surface area contributed by atoms with Crippen molar-refractivity contribution in [1.82, 2.24) is 9.21 Å². The third kappa shape index (κ3) is 4.02. The van der Waals surface area contributed by atoms with Crippen LogP contribution in [0.3, 0.4) is 0 Å². The molecule has 1 saturated heterocycles. The topological polar surface area (TPSA) is 83.8 Å². The number of nitro groups is 1. The lowest BCUT2D eigenvalue weighted by atomic mass is 9.86. The molecule has 1 heterocycles. The van der Waals surface area contributed by atoms with Gasteiger partial charge < -0.3 is 0 Å². The first-order valence-electron chi connectivity index (χ1n) is 8.86. The molecule has 1 aromatic carbocycles. The first kappa shape index (κ1) is 18.3. The van der Waals surface area contributed by atoms with Crippen LogP contribution in [0.4, 0.5) is 5.69 Å². The van der Waals surface area contributed by atoms with Gasteiger partial charge in [0.2, 0.25) is 10.0 Å². The van der Waals surface area contributed by atoms with Gasteiger partial charge >= 0.3 is 0 Å². The third-order valence-corrected chi connectivity index (χ3v) is 7.30. The van der Waals surface area contributed by atoms with Crippen LogP contribution < -0.4 is 0 Å². The summed E-state index contributed by atoms with van der Waals surface area (Å²) in [6.07, 6.45) is 4.96. The number of hydrogen-bond acceptors (Lipinski definition) is 5. The van der Waals surface area contributed by atoms with Crippen LogP contribution in [-0.4, -0.2) is 54.8 Å². The third-order valence-electron chi connectivity index (χ3n) is 5.38. The summed E-state index contributed by atoms with van der Waals surface area (Å²) in [5.41, 5.74) is -0.102. The van der Waals surface area contributed by atoms with Gasteiger partial charge in [0.25, 0.3) is 5.69 Å². The number of nitrogens with zero attached hydrogens (tertiary/aromatic N) is 3. The van der Waals surface area contributed by atoms with Crippen LogP contribution in [0.2, 0.25) is 0 Å². The molecule has 0 N–H and O–H groups in total. The van der Waals surface area contributed by atoms with Crippen molar-refractivity contribution in [3.63, 3.8) is 0 Å². The number of sulfonamides is 1. The summed E-state index contributed by atoms with van der Waals surface area (Å²) in [4.78, 5) is 12.7. The van der Waals surface area contributed by atoms with E-state index in [1.54, 1.807) is 0 Å². The second-order valence-electron chi connectivity index (χ2n) is 7.12. The molecule has 0 radical (unpaired) electrons. The normalized spacial score (nSPS) is 26.4. The van der Waals surface area contributed by atoms with Crippen LogP contribution in [-0.2, 0) is 10.0 Å². The number of hydrogen-bond donors (Lipinski definition) is 0. The van der Waals surface area contributed by atoms with E-state index in [1.165, 1.54) is 54.3 Å². The highest BCUT2D eigenvalue weighted by Crippen LogP contribution is 2.29. The zero-order valence-corrected chi connectivity index (χ0v) is 15.3. The monoisotopic (exact) mass is 367 g/mol. The Morgan fingerprint density at radius 2 is 1.72 bits per heavy atom. The number of nitro benzene ring substituents is 1. The molecule has 2 aliphatic rings. The lowest BCUT2D eigenvalue weighted by Crippen LogP contribution is -2.52. The van der Waals surface area contributed by atoms with Crippen LogP contribution >= 0.6 is 0 Å². The fourth-order valence-electron chi connectivity index (χ4n) is 3.93. The lowest BCUT2D eigenvalue weighted by Gasteiger charge is -2.41.